The van der Waals surface area contributed by atoms with Gasteiger partial charge in [-0.15, -0.1) is 0 Å². The van der Waals surface area contributed by atoms with E-state index in [-0.39, 0.29) is 11.8 Å². The third-order valence-corrected chi connectivity index (χ3v) is 3.19. The average Bonchev–Trinajstić information content (AvgIpc) is 2.84. The standard InChI is InChI=1S/C14H21N3O/c1-17(2)10-12-5-3-4-6-13(12)16-14(18)11-7-8-15-9-11/h3-6,11,15H,7-10H2,1-2H3,(H,16,18). The maximum atomic E-state index is 12.1. The molecule has 4 nitrogen and oxygen atoms in total. The van der Waals surface area contributed by atoms with E-state index < -0.39 is 0 Å². The number of nitrogens with zero attached hydrogens (tertiary/aromatic N) is 1. The summed E-state index contributed by atoms with van der Waals surface area (Å²) in [6, 6.07) is 7.99. The van der Waals surface area contributed by atoms with Crippen LogP contribution in [0.25, 0.3) is 0 Å². The third-order valence-electron chi connectivity index (χ3n) is 3.19. The van der Waals surface area contributed by atoms with Gasteiger partial charge in [-0.25, -0.2) is 0 Å². The lowest BCUT2D eigenvalue weighted by Crippen LogP contribution is -2.25. The molecule has 2 N–H and O–H groups in total. The first-order valence-electron chi connectivity index (χ1n) is 6.41. The van der Waals surface area contributed by atoms with E-state index in [1.165, 1.54) is 0 Å². The summed E-state index contributed by atoms with van der Waals surface area (Å²) in [5.41, 5.74) is 2.09. The van der Waals surface area contributed by atoms with Crippen molar-refractivity contribution in [2.24, 2.45) is 5.92 Å². The summed E-state index contributed by atoms with van der Waals surface area (Å²) in [5.74, 6) is 0.239. The zero-order valence-electron chi connectivity index (χ0n) is 11.1. The first-order chi connectivity index (χ1) is 8.66. The van der Waals surface area contributed by atoms with Crippen molar-refractivity contribution >= 4 is 11.6 Å². The summed E-state index contributed by atoms with van der Waals surface area (Å²) < 4.78 is 0. The predicted octanol–water partition coefficient (Wildman–Crippen LogP) is 1.30. The van der Waals surface area contributed by atoms with Gasteiger partial charge in [0.1, 0.15) is 0 Å². The van der Waals surface area contributed by atoms with Gasteiger partial charge in [0.25, 0.3) is 0 Å². The van der Waals surface area contributed by atoms with Crippen LogP contribution in [-0.4, -0.2) is 38.0 Å². The Kier molecular flexibility index (Phi) is 4.33. The van der Waals surface area contributed by atoms with Gasteiger partial charge in [-0.1, -0.05) is 18.2 Å². The molecule has 0 radical (unpaired) electrons. The van der Waals surface area contributed by atoms with Crippen LogP contribution in [0.1, 0.15) is 12.0 Å². The van der Waals surface area contributed by atoms with Crippen molar-refractivity contribution in [3.63, 3.8) is 0 Å². The van der Waals surface area contributed by atoms with Gasteiger partial charge in [-0.3, -0.25) is 4.79 Å². The Morgan fingerprint density at radius 3 is 2.89 bits per heavy atom. The topological polar surface area (TPSA) is 44.4 Å². The monoisotopic (exact) mass is 247 g/mol. The van der Waals surface area contributed by atoms with Crippen LogP contribution in [0, 0.1) is 5.92 Å². The van der Waals surface area contributed by atoms with Crippen molar-refractivity contribution in [2.45, 2.75) is 13.0 Å². The smallest absolute Gasteiger partial charge is 0.228 e. The van der Waals surface area contributed by atoms with Crippen molar-refractivity contribution < 1.29 is 4.79 Å². The molecular formula is C14H21N3O. The van der Waals surface area contributed by atoms with E-state index >= 15 is 0 Å². The highest BCUT2D eigenvalue weighted by Crippen LogP contribution is 2.18. The molecule has 1 aromatic carbocycles. The second-order valence-electron chi connectivity index (χ2n) is 5.07. The highest BCUT2D eigenvalue weighted by Gasteiger charge is 2.22. The van der Waals surface area contributed by atoms with Crippen molar-refractivity contribution in [3.05, 3.63) is 29.8 Å². The lowest BCUT2D eigenvalue weighted by molar-refractivity contribution is -0.119. The predicted molar refractivity (Wildman–Crippen MR) is 73.4 cm³/mol. The van der Waals surface area contributed by atoms with Crippen molar-refractivity contribution in [1.82, 2.24) is 10.2 Å². The van der Waals surface area contributed by atoms with Gasteiger partial charge in [0, 0.05) is 18.8 Å². The third kappa shape index (κ3) is 3.31. The van der Waals surface area contributed by atoms with Crippen LogP contribution in [0.2, 0.25) is 0 Å². The minimum absolute atomic E-state index is 0.109. The van der Waals surface area contributed by atoms with Gasteiger partial charge in [0.05, 0.1) is 5.92 Å². The fraction of sp³-hybridized carbons (Fsp3) is 0.500. The first-order valence-corrected chi connectivity index (χ1v) is 6.41. The summed E-state index contributed by atoms with van der Waals surface area (Å²) in [6.07, 6.45) is 0.932. The van der Waals surface area contributed by atoms with Crippen LogP contribution >= 0.6 is 0 Å². The number of nitrogens with one attached hydrogen (secondary N) is 2. The van der Waals surface area contributed by atoms with E-state index in [0.717, 1.165) is 37.3 Å². The zero-order valence-corrected chi connectivity index (χ0v) is 11.1. The number of hydrogen-bond donors (Lipinski definition) is 2. The summed E-state index contributed by atoms with van der Waals surface area (Å²) >= 11 is 0. The lowest BCUT2D eigenvalue weighted by atomic mass is 10.1. The van der Waals surface area contributed by atoms with Crippen molar-refractivity contribution in [3.8, 4) is 0 Å². The summed E-state index contributed by atoms with van der Waals surface area (Å²) in [7, 11) is 4.05. The fourth-order valence-electron chi connectivity index (χ4n) is 2.23. The molecule has 98 valence electrons. The molecule has 0 bridgehead atoms. The van der Waals surface area contributed by atoms with Gasteiger partial charge >= 0.3 is 0 Å². The number of carbonyl (C=O) groups excluding carboxylic acids is 1. The second kappa shape index (κ2) is 5.98. The number of amides is 1. The fourth-order valence-corrected chi connectivity index (χ4v) is 2.23. The normalized spacial score (nSPS) is 19.2. The number of hydrogen-bond acceptors (Lipinski definition) is 3. The van der Waals surface area contributed by atoms with Crippen LogP contribution in [0.3, 0.4) is 0 Å². The number of benzene rings is 1. The Balaban J connectivity index is 2.05. The van der Waals surface area contributed by atoms with Crippen LogP contribution in [0.5, 0.6) is 0 Å². The highest BCUT2D eigenvalue weighted by molar-refractivity contribution is 5.93. The molecule has 0 aromatic heterocycles. The van der Waals surface area contributed by atoms with E-state index in [1.54, 1.807) is 0 Å². The molecule has 1 aliphatic rings. The Morgan fingerprint density at radius 1 is 1.44 bits per heavy atom. The van der Waals surface area contributed by atoms with E-state index in [9.17, 15) is 4.79 Å². The number of carbonyl (C=O) groups is 1. The largest absolute Gasteiger partial charge is 0.326 e. The number of rotatable bonds is 4. The first kappa shape index (κ1) is 13.1. The molecule has 0 spiro atoms. The maximum Gasteiger partial charge on any atom is 0.228 e. The summed E-state index contributed by atoms with van der Waals surface area (Å²) in [6.45, 7) is 2.57. The van der Waals surface area contributed by atoms with Gasteiger partial charge in [-0.05, 0) is 38.7 Å². The SMILES string of the molecule is CN(C)Cc1ccccc1NC(=O)C1CCNC1. The van der Waals surface area contributed by atoms with E-state index in [0.29, 0.717) is 0 Å². The molecule has 4 heteroatoms. The van der Waals surface area contributed by atoms with Gasteiger partial charge in [-0.2, -0.15) is 0 Å². The molecule has 0 aliphatic carbocycles. The molecule has 1 saturated heterocycles. The van der Waals surface area contributed by atoms with E-state index in [2.05, 4.69) is 21.6 Å². The average molecular weight is 247 g/mol. The molecule has 1 amide bonds. The van der Waals surface area contributed by atoms with Crippen LogP contribution < -0.4 is 10.6 Å². The molecule has 2 rings (SSSR count). The zero-order chi connectivity index (χ0) is 13.0. The molecule has 1 atom stereocenters. The summed E-state index contributed by atoms with van der Waals surface area (Å²) in [5, 5.41) is 6.27. The second-order valence-corrected chi connectivity index (χ2v) is 5.07. The van der Waals surface area contributed by atoms with Crippen LogP contribution in [0.15, 0.2) is 24.3 Å². The molecular weight excluding hydrogens is 226 g/mol. The number of para-hydroxylation sites is 1. The van der Waals surface area contributed by atoms with E-state index in [4.69, 9.17) is 0 Å². The Labute approximate surface area is 108 Å². The molecule has 1 fully saturated rings. The molecule has 18 heavy (non-hydrogen) atoms. The van der Waals surface area contributed by atoms with Crippen LogP contribution in [0.4, 0.5) is 5.69 Å². The lowest BCUT2D eigenvalue weighted by Gasteiger charge is -2.16. The Hall–Kier alpha value is -1.39. The van der Waals surface area contributed by atoms with E-state index in [1.807, 2.05) is 32.3 Å². The van der Waals surface area contributed by atoms with Gasteiger partial charge < -0.3 is 15.5 Å². The molecule has 1 aromatic rings. The van der Waals surface area contributed by atoms with Gasteiger partial charge in [0.15, 0.2) is 0 Å². The highest BCUT2D eigenvalue weighted by atomic mass is 16.1. The minimum atomic E-state index is 0.109. The van der Waals surface area contributed by atoms with Crippen LogP contribution in [-0.2, 0) is 11.3 Å². The van der Waals surface area contributed by atoms with Gasteiger partial charge in [0.2, 0.25) is 5.91 Å². The minimum Gasteiger partial charge on any atom is -0.326 e. The quantitative estimate of drug-likeness (QED) is 0.843. The number of anilines is 1. The molecule has 1 unspecified atom stereocenters. The Bertz CT molecular complexity index is 411. The summed E-state index contributed by atoms with van der Waals surface area (Å²) in [4.78, 5) is 14.2. The molecule has 0 saturated carbocycles. The molecule has 1 aliphatic heterocycles. The van der Waals surface area contributed by atoms with Crippen molar-refractivity contribution in [1.29, 1.82) is 0 Å². The Morgan fingerprint density at radius 2 is 2.22 bits per heavy atom. The molecule has 1 heterocycles. The van der Waals surface area contributed by atoms with Crippen molar-refractivity contribution in [2.75, 3.05) is 32.5 Å². The maximum absolute atomic E-state index is 12.1.